The summed E-state index contributed by atoms with van der Waals surface area (Å²) in [7, 11) is 1.87. The van der Waals surface area contributed by atoms with Crippen LogP contribution in [-0.2, 0) is 7.05 Å². The number of rotatable bonds is 4. The Morgan fingerprint density at radius 1 is 1.30 bits per heavy atom. The molecule has 2 heterocycles. The molecule has 0 unspecified atom stereocenters. The third-order valence-electron chi connectivity index (χ3n) is 4.50. The van der Waals surface area contributed by atoms with Gasteiger partial charge in [0.15, 0.2) is 0 Å². The molecular weight excluding hydrogens is 288 g/mol. The fourth-order valence-electron chi connectivity index (χ4n) is 3.22. The Kier molecular flexibility index (Phi) is 4.33. The first-order valence-corrected chi connectivity index (χ1v) is 8.19. The molecule has 1 atom stereocenters. The number of pyridine rings is 1. The third-order valence-corrected chi connectivity index (χ3v) is 4.50. The van der Waals surface area contributed by atoms with Gasteiger partial charge in [-0.15, -0.1) is 0 Å². The van der Waals surface area contributed by atoms with Crippen LogP contribution in [0.3, 0.4) is 0 Å². The summed E-state index contributed by atoms with van der Waals surface area (Å²) in [6.45, 7) is 2.73. The molecule has 0 N–H and O–H groups in total. The lowest BCUT2D eigenvalue weighted by molar-refractivity contribution is 0.0741. The van der Waals surface area contributed by atoms with Crippen molar-refractivity contribution in [3.8, 4) is 0 Å². The lowest BCUT2D eigenvalue weighted by atomic mass is 10.1. The van der Waals surface area contributed by atoms with Crippen molar-refractivity contribution >= 4 is 16.8 Å². The molecular formula is C19H22N2O2. The first-order valence-electron chi connectivity index (χ1n) is 8.19. The van der Waals surface area contributed by atoms with Crippen molar-refractivity contribution < 1.29 is 4.79 Å². The summed E-state index contributed by atoms with van der Waals surface area (Å²) in [6, 6.07) is 7.52. The van der Waals surface area contributed by atoms with Crippen LogP contribution in [0.25, 0.3) is 10.9 Å². The summed E-state index contributed by atoms with van der Waals surface area (Å²) in [4.78, 5) is 27.4. The number of amides is 1. The largest absolute Gasteiger partial charge is 0.350 e. The minimum Gasteiger partial charge on any atom is -0.350 e. The summed E-state index contributed by atoms with van der Waals surface area (Å²) in [5.74, 6) is -0.164. The standard InChI is InChI=1S/C19H22N2O2/c1-3-4-8-14-9-7-12-21(14)19(23)16-13-20(2)17-11-6-5-10-15(17)18(16)22/h5-7,9-11,13-14H,3-4,8,12H2,1-2H3/t14-/m0/s1. The number of carbonyl (C=O) groups is 1. The molecule has 3 rings (SSSR count). The predicted molar refractivity (Wildman–Crippen MR) is 92.7 cm³/mol. The number of hydrogen-bond acceptors (Lipinski definition) is 2. The summed E-state index contributed by atoms with van der Waals surface area (Å²) >= 11 is 0. The van der Waals surface area contributed by atoms with Crippen LogP contribution in [0.15, 0.2) is 47.4 Å². The molecule has 0 saturated carbocycles. The number of hydrogen-bond donors (Lipinski definition) is 0. The van der Waals surface area contributed by atoms with E-state index >= 15 is 0 Å². The summed E-state index contributed by atoms with van der Waals surface area (Å²) in [5, 5.41) is 0.595. The number of carbonyl (C=O) groups excluding carboxylic acids is 1. The second kappa shape index (κ2) is 6.41. The van der Waals surface area contributed by atoms with Crippen molar-refractivity contribution in [2.24, 2.45) is 7.05 Å². The van der Waals surface area contributed by atoms with E-state index in [1.807, 2.05) is 35.9 Å². The average molecular weight is 310 g/mol. The highest BCUT2D eigenvalue weighted by atomic mass is 16.2. The van der Waals surface area contributed by atoms with E-state index in [4.69, 9.17) is 0 Å². The molecule has 0 fully saturated rings. The smallest absolute Gasteiger partial charge is 0.260 e. The van der Waals surface area contributed by atoms with E-state index in [-0.39, 0.29) is 22.9 Å². The van der Waals surface area contributed by atoms with E-state index in [2.05, 4.69) is 13.0 Å². The van der Waals surface area contributed by atoms with Crippen molar-refractivity contribution in [3.05, 3.63) is 58.4 Å². The van der Waals surface area contributed by atoms with Crippen LogP contribution in [-0.4, -0.2) is 28.0 Å². The first-order chi connectivity index (χ1) is 11.1. The number of aryl methyl sites for hydroxylation is 1. The van der Waals surface area contributed by atoms with Crippen LogP contribution in [0, 0.1) is 0 Å². The van der Waals surface area contributed by atoms with Gasteiger partial charge in [-0.1, -0.05) is 44.1 Å². The molecule has 0 saturated heterocycles. The maximum atomic E-state index is 12.9. The van der Waals surface area contributed by atoms with Crippen molar-refractivity contribution in [1.82, 2.24) is 9.47 Å². The summed E-state index contributed by atoms with van der Waals surface area (Å²) < 4.78 is 1.86. The zero-order valence-electron chi connectivity index (χ0n) is 13.7. The molecule has 4 nitrogen and oxygen atoms in total. The topological polar surface area (TPSA) is 42.3 Å². The maximum absolute atomic E-state index is 12.9. The first kappa shape index (κ1) is 15.5. The summed E-state index contributed by atoms with van der Waals surface area (Å²) in [5.41, 5.74) is 0.928. The zero-order valence-corrected chi connectivity index (χ0v) is 13.7. The summed E-state index contributed by atoms with van der Waals surface area (Å²) in [6.07, 6.45) is 8.90. The SMILES string of the molecule is CCCC[C@H]1C=CCN1C(=O)c1cn(C)c2ccccc2c1=O. The van der Waals surface area contributed by atoms with E-state index in [1.165, 1.54) is 0 Å². The third kappa shape index (κ3) is 2.81. The number of unbranched alkanes of at least 4 members (excludes halogenated alkanes) is 1. The van der Waals surface area contributed by atoms with Crippen molar-refractivity contribution in [3.63, 3.8) is 0 Å². The molecule has 1 aliphatic heterocycles. The molecule has 23 heavy (non-hydrogen) atoms. The Hall–Kier alpha value is -2.36. The minimum absolute atomic E-state index is 0.110. The predicted octanol–water partition coefficient (Wildman–Crippen LogP) is 3.11. The van der Waals surface area contributed by atoms with E-state index in [9.17, 15) is 9.59 Å². The highest BCUT2D eigenvalue weighted by Gasteiger charge is 2.27. The minimum atomic E-state index is -0.176. The van der Waals surface area contributed by atoms with Gasteiger partial charge in [-0.05, 0) is 18.6 Å². The Morgan fingerprint density at radius 3 is 2.87 bits per heavy atom. The lowest BCUT2D eigenvalue weighted by Gasteiger charge is -2.24. The van der Waals surface area contributed by atoms with Gasteiger partial charge in [0.05, 0.1) is 11.6 Å². The van der Waals surface area contributed by atoms with Gasteiger partial charge in [-0.2, -0.15) is 0 Å². The monoisotopic (exact) mass is 310 g/mol. The van der Waals surface area contributed by atoms with E-state index < -0.39 is 0 Å². The van der Waals surface area contributed by atoms with E-state index in [1.54, 1.807) is 17.2 Å². The Balaban J connectivity index is 1.98. The number of nitrogens with zero attached hydrogens (tertiary/aromatic N) is 2. The lowest BCUT2D eigenvalue weighted by Crippen LogP contribution is -2.38. The van der Waals surface area contributed by atoms with Gasteiger partial charge in [0, 0.05) is 25.2 Å². The van der Waals surface area contributed by atoms with Gasteiger partial charge in [-0.25, -0.2) is 0 Å². The van der Waals surface area contributed by atoms with E-state index in [0.717, 1.165) is 24.8 Å². The Bertz CT molecular complexity index is 820. The molecule has 1 aromatic carbocycles. The van der Waals surface area contributed by atoms with Gasteiger partial charge in [0.2, 0.25) is 5.43 Å². The zero-order chi connectivity index (χ0) is 16.4. The van der Waals surface area contributed by atoms with Crippen molar-refractivity contribution in [2.45, 2.75) is 32.2 Å². The molecule has 2 aromatic rings. The van der Waals surface area contributed by atoms with Crippen LogP contribution >= 0.6 is 0 Å². The van der Waals surface area contributed by atoms with Gasteiger partial charge in [0.1, 0.15) is 5.56 Å². The fourth-order valence-corrected chi connectivity index (χ4v) is 3.22. The van der Waals surface area contributed by atoms with Crippen molar-refractivity contribution in [2.75, 3.05) is 6.54 Å². The average Bonchev–Trinajstić information content (AvgIpc) is 3.04. The second-order valence-corrected chi connectivity index (χ2v) is 6.10. The normalized spacial score (nSPS) is 17.1. The molecule has 1 amide bonds. The van der Waals surface area contributed by atoms with Gasteiger partial charge in [-0.3, -0.25) is 9.59 Å². The maximum Gasteiger partial charge on any atom is 0.260 e. The second-order valence-electron chi connectivity index (χ2n) is 6.10. The van der Waals surface area contributed by atoms with Crippen LogP contribution in [0.1, 0.15) is 36.5 Å². The molecule has 120 valence electrons. The van der Waals surface area contributed by atoms with Crippen LogP contribution < -0.4 is 5.43 Å². The number of aromatic nitrogens is 1. The molecule has 0 spiro atoms. The molecule has 1 aromatic heterocycles. The van der Waals surface area contributed by atoms with Crippen molar-refractivity contribution in [1.29, 1.82) is 0 Å². The highest BCUT2D eigenvalue weighted by Crippen LogP contribution is 2.19. The molecule has 0 radical (unpaired) electrons. The fraction of sp³-hybridized carbons (Fsp3) is 0.368. The van der Waals surface area contributed by atoms with E-state index in [0.29, 0.717) is 11.9 Å². The Labute approximate surface area is 136 Å². The van der Waals surface area contributed by atoms with Crippen LogP contribution in [0.4, 0.5) is 0 Å². The van der Waals surface area contributed by atoms with Gasteiger partial charge >= 0.3 is 0 Å². The van der Waals surface area contributed by atoms with Crippen LogP contribution in [0.2, 0.25) is 0 Å². The van der Waals surface area contributed by atoms with Crippen LogP contribution in [0.5, 0.6) is 0 Å². The number of para-hydroxylation sites is 1. The molecule has 1 aliphatic rings. The molecule has 0 aliphatic carbocycles. The van der Waals surface area contributed by atoms with Gasteiger partial charge in [0.25, 0.3) is 5.91 Å². The molecule has 0 bridgehead atoms. The quantitative estimate of drug-likeness (QED) is 0.814. The van der Waals surface area contributed by atoms with Gasteiger partial charge < -0.3 is 9.47 Å². The number of benzene rings is 1. The highest BCUT2D eigenvalue weighted by molar-refractivity contribution is 5.97. The molecule has 4 heteroatoms. The number of fused-ring (bicyclic) bond motifs is 1. The Morgan fingerprint density at radius 2 is 2.09 bits per heavy atom.